The number of para-hydroxylation sites is 1. The predicted molar refractivity (Wildman–Crippen MR) is 78.0 cm³/mol. The standard InChI is InChI=1S/C16H13N3O2/c1-12-9-13(10-20)7-8-15(12)21-16-17-11-19(18-16)14-5-3-2-4-6-14/h2-11H,1H3. The number of aldehydes is 1. The minimum Gasteiger partial charge on any atom is -0.423 e. The molecule has 1 aromatic heterocycles. The second-order valence-electron chi connectivity index (χ2n) is 4.55. The molecule has 1 heterocycles. The molecule has 104 valence electrons. The Morgan fingerprint density at radius 2 is 1.95 bits per heavy atom. The minimum absolute atomic E-state index is 0.265. The maximum atomic E-state index is 10.7. The Kier molecular flexibility index (Phi) is 3.47. The topological polar surface area (TPSA) is 57.0 Å². The molecule has 0 amide bonds. The van der Waals surface area contributed by atoms with Crippen molar-refractivity contribution in [1.29, 1.82) is 0 Å². The summed E-state index contributed by atoms with van der Waals surface area (Å²) in [5.74, 6) is 0.631. The van der Waals surface area contributed by atoms with E-state index >= 15 is 0 Å². The van der Waals surface area contributed by atoms with E-state index in [9.17, 15) is 4.79 Å². The van der Waals surface area contributed by atoms with Crippen LogP contribution in [0.3, 0.4) is 0 Å². The third-order valence-corrected chi connectivity index (χ3v) is 3.03. The normalized spacial score (nSPS) is 10.3. The zero-order valence-electron chi connectivity index (χ0n) is 11.4. The number of nitrogens with zero attached hydrogens (tertiary/aromatic N) is 3. The molecule has 0 radical (unpaired) electrons. The van der Waals surface area contributed by atoms with Crippen molar-refractivity contribution in [3.8, 4) is 17.4 Å². The molecule has 0 fully saturated rings. The highest BCUT2D eigenvalue weighted by Crippen LogP contribution is 2.23. The number of benzene rings is 2. The molecule has 0 atom stereocenters. The highest BCUT2D eigenvalue weighted by molar-refractivity contribution is 5.75. The first kappa shape index (κ1) is 13.1. The van der Waals surface area contributed by atoms with Crippen LogP contribution >= 0.6 is 0 Å². The molecule has 0 N–H and O–H groups in total. The zero-order valence-corrected chi connectivity index (χ0v) is 11.4. The lowest BCUT2D eigenvalue weighted by atomic mass is 10.1. The zero-order chi connectivity index (χ0) is 14.7. The lowest BCUT2D eigenvalue weighted by Gasteiger charge is -2.05. The first-order chi connectivity index (χ1) is 10.3. The Bertz CT molecular complexity index is 766. The van der Waals surface area contributed by atoms with Gasteiger partial charge in [-0.3, -0.25) is 4.79 Å². The fraction of sp³-hybridized carbons (Fsp3) is 0.0625. The van der Waals surface area contributed by atoms with Crippen LogP contribution in [0.25, 0.3) is 5.69 Å². The van der Waals surface area contributed by atoms with E-state index in [0.717, 1.165) is 17.5 Å². The summed E-state index contributed by atoms with van der Waals surface area (Å²) in [6, 6.07) is 15.1. The number of carbonyl (C=O) groups is 1. The van der Waals surface area contributed by atoms with E-state index < -0.39 is 0 Å². The summed E-state index contributed by atoms with van der Waals surface area (Å²) >= 11 is 0. The summed E-state index contributed by atoms with van der Waals surface area (Å²) in [4.78, 5) is 14.9. The average Bonchev–Trinajstić information content (AvgIpc) is 2.99. The lowest BCUT2D eigenvalue weighted by molar-refractivity contribution is 0.112. The number of carbonyl (C=O) groups excluding carboxylic acids is 1. The van der Waals surface area contributed by atoms with Crippen LogP contribution in [0, 0.1) is 6.92 Å². The van der Waals surface area contributed by atoms with Gasteiger partial charge in [0.1, 0.15) is 18.4 Å². The maximum absolute atomic E-state index is 10.7. The molecular weight excluding hydrogens is 266 g/mol. The van der Waals surface area contributed by atoms with Gasteiger partial charge in [0.25, 0.3) is 0 Å². The fourth-order valence-corrected chi connectivity index (χ4v) is 1.96. The Morgan fingerprint density at radius 3 is 2.67 bits per heavy atom. The van der Waals surface area contributed by atoms with Crippen molar-refractivity contribution in [3.63, 3.8) is 0 Å². The first-order valence-electron chi connectivity index (χ1n) is 6.47. The summed E-state index contributed by atoms with van der Waals surface area (Å²) in [6.45, 7) is 1.87. The fourth-order valence-electron chi connectivity index (χ4n) is 1.96. The average molecular weight is 279 g/mol. The van der Waals surface area contributed by atoms with Crippen LogP contribution in [0.2, 0.25) is 0 Å². The molecule has 21 heavy (non-hydrogen) atoms. The highest BCUT2D eigenvalue weighted by Gasteiger charge is 2.07. The van der Waals surface area contributed by atoms with Crippen molar-refractivity contribution in [3.05, 3.63) is 66.0 Å². The predicted octanol–water partition coefficient (Wildman–Crippen LogP) is 3.18. The quantitative estimate of drug-likeness (QED) is 0.688. The molecule has 0 saturated carbocycles. The number of aromatic nitrogens is 3. The van der Waals surface area contributed by atoms with Crippen molar-refractivity contribution >= 4 is 6.29 Å². The van der Waals surface area contributed by atoms with Crippen LogP contribution in [-0.2, 0) is 0 Å². The van der Waals surface area contributed by atoms with Gasteiger partial charge in [-0.15, -0.1) is 5.10 Å². The van der Waals surface area contributed by atoms with Crippen molar-refractivity contribution in [2.24, 2.45) is 0 Å². The summed E-state index contributed by atoms with van der Waals surface area (Å²) in [7, 11) is 0. The molecule has 5 nitrogen and oxygen atoms in total. The Labute approximate surface area is 121 Å². The molecule has 3 aromatic rings. The molecule has 0 aliphatic rings. The van der Waals surface area contributed by atoms with E-state index in [-0.39, 0.29) is 6.01 Å². The van der Waals surface area contributed by atoms with Gasteiger partial charge in [0.05, 0.1) is 5.69 Å². The van der Waals surface area contributed by atoms with Crippen LogP contribution in [-0.4, -0.2) is 21.1 Å². The summed E-state index contributed by atoms with van der Waals surface area (Å²) < 4.78 is 7.30. The van der Waals surface area contributed by atoms with E-state index in [1.54, 1.807) is 29.2 Å². The van der Waals surface area contributed by atoms with Gasteiger partial charge < -0.3 is 4.74 Å². The highest BCUT2D eigenvalue weighted by atomic mass is 16.5. The summed E-state index contributed by atoms with van der Waals surface area (Å²) in [5, 5.41) is 4.27. The van der Waals surface area contributed by atoms with Gasteiger partial charge in [-0.25, -0.2) is 4.68 Å². The van der Waals surface area contributed by atoms with Gasteiger partial charge >= 0.3 is 6.01 Å². The van der Waals surface area contributed by atoms with Crippen molar-refractivity contribution in [2.75, 3.05) is 0 Å². The van der Waals surface area contributed by atoms with E-state index in [0.29, 0.717) is 11.3 Å². The van der Waals surface area contributed by atoms with Crippen LogP contribution in [0.4, 0.5) is 0 Å². The van der Waals surface area contributed by atoms with Crippen LogP contribution < -0.4 is 4.74 Å². The largest absolute Gasteiger partial charge is 0.423 e. The molecular formula is C16H13N3O2. The first-order valence-corrected chi connectivity index (χ1v) is 6.47. The molecule has 0 aliphatic heterocycles. The molecule has 5 heteroatoms. The summed E-state index contributed by atoms with van der Waals surface area (Å²) in [6.07, 6.45) is 2.40. The summed E-state index contributed by atoms with van der Waals surface area (Å²) in [5.41, 5.74) is 2.38. The maximum Gasteiger partial charge on any atom is 0.341 e. The van der Waals surface area contributed by atoms with Gasteiger partial charge in [0.2, 0.25) is 0 Å². The number of hydrogen-bond acceptors (Lipinski definition) is 4. The number of aryl methyl sites for hydroxylation is 1. The third-order valence-electron chi connectivity index (χ3n) is 3.03. The molecule has 3 rings (SSSR count). The molecule has 0 spiro atoms. The Balaban J connectivity index is 1.83. The van der Waals surface area contributed by atoms with Crippen molar-refractivity contribution in [2.45, 2.75) is 6.92 Å². The molecule has 2 aromatic carbocycles. The number of hydrogen-bond donors (Lipinski definition) is 0. The SMILES string of the molecule is Cc1cc(C=O)ccc1Oc1ncn(-c2ccccc2)n1. The monoisotopic (exact) mass is 279 g/mol. The smallest absolute Gasteiger partial charge is 0.341 e. The number of ether oxygens (including phenoxy) is 1. The van der Waals surface area contributed by atoms with E-state index in [4.69, 9.17) is 4.74 Å². The van der Waals surface area contributed by atoms with E-state index in [2.05, 4.69) is 10.1 Å². The van der Waals surface area contributed by atoms with Crippen LogP contribution in [0.1, 0.15) is 15.9 Å². The van der Waals surface area contributed by atoms with Gasteiger partial charge in [-0.2, -0.15) is 4.98 Å². The van der Waals surface area contributed by atoms with Gasteiger partial charge in [-0.05, 0) is 42.8 Å². The Hall–Kier alpha value is -2.95. The second kappa shape index (κ2) is 5.58. The van der Waals surface area contributed by atoms with Gasteiger partial charge in [-0.1, -0.05) is 18.2 Å². The molecule has 0 aliphatic carbocycles. The lowest BCUT2D eigenvalue weighted by Crippen LogP contribution is -1.95. The molecule has 0 unspecified atom stereocenters. The van der Waals surface area contributed by atoms with Crippen LogP contribution in [0.15, 0.2) is 54.9 Å². The van der Waals surface area contributed by atoms with Crippen LogP contribution in [0.5, 0.6) is 11.8 Å². The van der Waals surface area contributed by atoms with Crippen molar-refractivity contribution < 1.29 is 9.53 Å². The number of rotatable bonds is 4. The second-order valence-corrected chi connectivity index (χ2v) is 4.55. The minimum atomic E-state index is 0.265. The molecule has 0 saturated heterocycles. The van der Waals surface area contributed by atoms with E-state index in [1.165, 1.54) is 0 Å². The molecule has 0 bridgehead atoms. The Morgan fingerprint density at radius 1 is 1.14 bits per heavy atom. The van der Waals surface area contributed by atoms with Crippen molar-refractivity contribution in [1.82, 2.24) is 14.8 Å². The van der Waals surface area contributed by atoms with E-state index in [1.807, 2.05) is 37.3 Å². The van der Waals surface area contributed by atoms with Gasteiger partial charge in [0, 0.05) is 5.56 Å². The third kappa shape index (κ3) is 2.81. The van der Waals surface area contributed by atoms with Gasteiger partial charge in [0.15, 0.2) is 0 Å².